The summed E-state index contributed by atoms with van der Waals surface area (Å²) in [5.74, 6) is -0.421. The SMILES string of the molecule is Cc1ccc(C=CC(=O)NC(=S)Nc2c(C)cc(C)cc2[N+](=O)[O-])cc1. The zero-order chi connectivity index (χ0) is 19.3. The number of hydrogen-bond donors (Lipinski definition) is 2. The molecule has 0 atom stereocenters. The number of amides is 1. The third-order valence-corrected chi connectivity index (χ3v) is 3.84. The lowest BCUT2D eigenvalue weighted by Gasteiger charge is -2.12. The van der Waals surface area contributed by atoms with Gasteiger partial charge in [0.15, 0.2) is 5.11 Å². The molecular weight excluding hydrogens is 350 g/mol. The summed E-state index contributed by atoms with van der Waals surface area (Å²) in [7, 11) is 0. The number of rotatable bonds is 4. The molecule has 0 saturated carbocycles. The van der Waals surface area contributed by atoms with Gasteiger partial charge in [-0.1, -0.05) is 35.9 Å². The van der Waals surface area contributed by atoms with Gasteiger partial charge in [0.05, 0.1) is 4.92 Å². The highest BCUT2D eigenvalue weighted by Gasteiger charge is 2.18. The fraction of sp³-hybridized carbons (Fsp3) is 0.158. The second-order valence-electron chi connectivity index (χ2n) is 5.92. The van der Waals surface area contributed by atoms with E-state index in [9.17, 15) is 14.9 Å². The van der Waals surface area contributed by atoms with Gasteiger partial charge < -0.3 is 5.32 Å². The van der Waals surface area contributed by atoms with Gasteiger partial charge in [-0.15, -0.1) is 0 Å². The van der Waals surface area contributed by atoms with Crippen LogP contribution in [-0.4, -0.2) is 15.9 Å². The summed E-state index contributed by atoms with van der Waals surface area (Å²) in [5.41, 5.74) is 3.64. The van der Waals surface area contributed by atoms with Crippen molar-refractivity contribution in [1.29, 1.82) is 0 Å². The number of anilines is 1. The van der Waals surface area contributed by atoms with Crippen molar-refractivity contribution in [2.45, 2.75) is 20.8 Å². The molecule has 1 amide bonds. The fourth-order valence-corrected chi connectivity index (χ4v) is 2.60. The molecule has 0 aliphatic heterocycles. The van der Waals surface area contributed by atoms with Crippen LogP contribution in [0.4, 0.5) is 11.4 Å². The Labute approximate surface area is 157 Å². The average Bonchev–Trinajstić information content (AvgIpc) is 2.56. The minimum atomic E-state index is -0.482. The van der Waals surface area contributed by atoms with Crippen LogP contribution in [0.15, 0.2) is 42.5 Å². The van der Waals surface area contributed by atoms with Gasteiger partial charge in [0.2, 0.25) is 5.91 Å². The van der Waals surface area contributed by atoms with E-state index in [-0.39, 0.29) is 16.5 Å². The van der Waals surface area contributed by atoms with Crippen molar-refractivity contribution in [3.8, 4) is 0 Å². The Morgan fingerprint density at radius 2 is 1.77 bits per heavy atom. The molecule has 0 saturated heterocycles. The van der Waals surface area contributed by atoms with Crippen molar-refractivity contribution in [1.82, 2.24) is 5.32 Å². The number of carbonyl (C=O) groups excluding carboxylic acids is 1. The first-order chi connectivity index (χ1) is 12.3. The van der Waals surface area contributed by atoms with E-state index in [0.29, 0.717) is 5.56 Å². The van der Waals surface area contributed by atoms with Crippen LogP contribution in [0.25, 0.3) is 6.08 Å². The third kappa shape index (κ3) is 5.22. The highest BCUT2D eigenvalue weighted by molar-refractivity contribution is 7.80. The molecule has 0 unspecified atom stereocenters. The van der Waals surface area contributed by atoms with Gasteiger partial charge in [-0.25, -0.2) is 0 Å². The Balaban J connectivity index is 2.06. The van der Waals surface area contributed by atoms with Crippen molar-refractivity contribution in [3.63, 3.8) is 0 Å². The van der Waals surface area contributed by atoms with Gasteiger partial charge in [0.25, 0.3) is 5.69 Å². The molecule has 134 valence electrons. The van der Waals surface area contributed by atoms with Crippen LogP contribution in [0.3, 0.4) is 0 Å². The quantitative estimate of drug-likeness (QED) is 0.368. The van der Waals surface area contributed by atoms with Crippen LogP contribution in [0.1, 0.15) is 22.3 Å². The summed E-state index contributed by atoms with van der Waals surface area (Å²) in [6.45, 7) is 5.50. The van der Waals surface area contributed by atoms with E-state index in [2.05, 4.69) is 10.6 Å². The first-order valence-electron chi connectivity index (χ1n) is 7.88. The van der Waals surface area contributed by atoms with Crippen molar-refractivity contribution in [2.24, 2.45) is 0 Å². The second kappa shape index (κ2) is 8.35. The highest BCUT2D eigenvalue weighted by atomic mass is 32.1. The summed E-state index contributed by atoms with van der Waals surface area (Å²) in [6.07, 6.45) is 3.02. The Morgan fingerprint density at radius 3 is 2.38 bits per heavy atom. The Kier molecular flexibility index (Phi) is 6.19. The van der Waals surface area contributed by atoms with E-state index in [1.807, 2.05) is 31.2 Å². The minimum Gasteiger partial charge on any atom is -0.327 e. The molecule has 0 bridgehead atoms. The normalized spacial score (nSPS) is 10.6. The van der Waals surface area contributed by atoms with Gasteiger partial charge >= 0.3 is 0 Å². The molecule has 26 heavy (non-hydrogen) atoms. The predicted octanol–water partition coefficient (Wildman–Crippen LogP) is 4.05. The highest BCUT2D eigenvalue weighted by Crippen LogP contribution is 2.29. The van der Waals surface area contributed by atoms with Gasteiger partial charge in [-0.05, 0) is 55.8 Å². The van der Waals surface area contributed by atoms with Crippen molar-refractivity contribution >= 4 is 40.7 Å². The lowest BCUT2D eigenvalue weighted by molar-refractivity contribution is -0.384. The zero-order valence-corrected chi connectivity index (χ0v) is 15.5. The van der Waals surface area contributed by atoms with Crippen LogP contribution in [0.2, 0.25) is 0 Å². The van der Waals surface area contributed by atoms with Crippen molar-refractivity contribution in [3.05, 3.63) is 74.8 Å². The van der Waals surface area contributed by atoms with Crippen molar-refractivity contribution in [2.75, 3.05) is 5.32 Å². The van der Waals surface area contributed by atoms with Crippen LogP contribution < -0.4 is 10.6 Å². The van der Waals surface area contributed by atoms with Gasteiger partial charge in [0.1, 0.15) is 5.69 Å². The number of thiocarbonyl (C=S) groups is 1. The fourth-order valence-electron chi connectivity index (χ4n) is 2.40. The summed E-state index contributed by atoms with van der Waals surface area (Å²) >= 11 is 5.10. The molecular formula is C19H19N3O3S. The molecule has 2 rings (SSSR count). The number of aryl methyl sites for hydroxylation is 3. The first-order valence-corrected chi connectivity index (χ1v) is 8.29. The van der Waals surface area contributed by atoms with Gasteiger partial charge in [-0.2, -0.15) is 0 Å². The lowest BCUT2D eigenvalue weighted by atomic mass is 10.1. The Morgan fingerprint density at radius 1 is 1.12 bits per heavy atom. The molecule has 2 aromatic rings. The molecule has 2 aromatic carbocycles. The first kappa shape index (κ1) is 19.3. The van der Waals surface area contributed by atoms with E-state index < -0.39 is 10.8 Å². The smallest absolute Gasteiger partial charge is 0.293 e. The van der Waals surface area contributed by atoms with Crippen molar-refractivity contribution < 1.29 is 9.72 Å². The van der Waals surface area contributed by atoms with E-state index in [4.69, 9.17) is 12.2 Å². The number of benzene rings is 2. The molecule has 0 aliphatic carbocycles. The standard InChI is InChI=1S/C19H19N3O3S/c1-12-4-6-15(7-5-12)8-9-17(23)20-19(26)21-18-14(3)10-13(2)11-16(18)22(24)25/h4-11H,1-3H3,(H2,20,21,23,26). The Hall–Kier alpha value is -3.06. The van der Waals surface area contributed by atoms with Crippen LogP contribution in [-0.2, 0) is 4.79 Å². The van der Waals surface area contributed by atoms with Gasteiger partial charge in [0, 0.05) is 12.1 Å². The van der Waals surface area contributed by atoms with E-state index in [1.54, 1.807) is 26.0 Å². The average molecular weight is 369 g/mol. The number of nitro benzene ring substituents is 1. The summed E-state index contributed by atoms with van der Waals surface area (Å²) in [5, 5.41) is 16.5. The molecule has 0 heterocycles. The number of nitrogens with one attached hydrogen (secondary N) is 2. The third-order valence-electron chi connectivity index (χ3n) is 3.64. The summed E-state index contributed by atoms with van der Waals surface area (Å²) in [6, 6.07) is 10.9. The lowest BCUT2D eigenvalue weighted by Crippen LogP contribution is -2.33. The number of carbonyl (C=O) groups is 1. The molecule has 0 radical (unpaired) electrons. The maximum absolute atomic E-state index is 12.0. The van der Waals surface area contributed by atoms with E-state index in [0.717, 1.165) is 16.7 Å². The molecule has 6 nitrogen and oxygen atoms in total. The number of nitrogens with zero attached hydrogens (tertiary/aromatic N) is 1. The van der Waals surface area contributed by atoms with Crippen LogP contribution in [0.5, 0.6) is 0 Å². The molecule has 2 N–H and O–H groups in total. The Bertz CT molecular complexity index is 890. The molecule has 7 heteroatoms. The van der Waals surface area contributed by atoms with Crippen LogP contribution in [0, 0.1) is 30.9 Å². The second-order valence-corrected chi connectivity index (χ2v) is 6.33. The molecule has 0 aliphatic rings. The topological polar surface area (TPSA) is 84.3 Å². The van der Waals surface area contributed by atoms with Gasteiger partial charge in [-0.3, -0.25) is 20.2 Å². The number of hydrogen-bond acceptors (Lipinski definition) is 4. The van der Waals surface area contributed by atoms with E-state index in [1.165, 1.54) is 12.1 Å². The largest absolute Gasteiger partial charge is 0.327 e. The summed E-state index contributed by atoms with van der Waals surface area (Å²) in [4.78, 5) is 22.7. The minimum absolute atomic E-state index is 0.00129. The molecule has 0 fully saturated rings. The monoisotopic (exact) mass is 369 g/mol. The summed E-state index contributed by atoms with van der Waals surface area (Å²) < 4.78 is 0. The predicted molar refractivity (Wildman–Crippen MR) is 107 cm³/mol. The maximum Gasteiger partial charge on any atom is 0.293 e. The maximum atomic E-state index is 12.0. The number of nitro groups is 1. The molecule has 0 aromatic heterocycles. The van der Waals surface area contributed by atoms with Crippen LogP contribution >= 0.6 is 12.2 Å². The molecule has 0 spiro atoms. The van der Waals surface area contributed by atoms with E-state index >= 15 is 0 Å². The zero-order valence-electron chi connectivity index (χ0n) is 14.7.